The van der Waals surface area contributed by atoms with Gasteiger partial charge < -0.3 is 24.8 Å². The summed E-state index contributed by atoms with van der Waals surface area (Å²) in [4.78, 5) is 24.0. The number of esters is 1. The Labute approximate surface area is 228 Å². The lowest BCUT2D eigenvalue weighted by molar-refractivity contribution is -0.150. The second-order valence-electron chi connectivity index (χ2n) is 9.88. The topological polar surface area (TPSA) is 173 Å². The molecule has 1 saturated carbocycles. The van der Waals surface area contributed by atoms with Crippen LogP contribution in [0.1, 0.15) is 39.3 Å². The van der Waals surface area contributed by atoms with Crippen molar-refractivity contribution in [1.29, 1.82) is 0 Å². The molecule has 2 fully saturated rings. The fraction of sp³-hybridized carbons (Fsp3) is 0.440. The first-order valence-corrected chi connectivity index (χ1v) is 14.0. The quantitative estimate of drug-likeness (QED) is 0.140. The Bertz CT molecular complexity index is 1510. The highest BCUT2D eigenvalue weighted by atomic mass is 31.2. The second-order valence-corrected chi connectivity index (χ2v) is 11.5. The number of nitrogen functional groups attached to an aromatic ring is 1. The SMILES string of the molecule is C#C[C@]1(CO[P@@](=O)(NC2(C(=O)OC(C)C)CC2)Oc2ccccc2)O[C@@H](n2cnc3c(N)nc(F)nc32)C[C@@H]1O. The number of terminal acetylenes is 1. The first-order valence-electron chi connectivity index (χ1n) is 12.5. The minimum Gasteiger partial charge on any atom is -0.462 e. The molecule has 0 radical (unpaired) electrons. The Balaban J connectivity index is 1.39. The van der Waals surface area contributed by atoms with Crippen LogP contribution < -0.4 is 15.3 Å². The van der Waals surface area contributed by atoms with Crippen LogP contribution >= 0.6 is 7.75 Å². The fourth-order valence-electron chi connectivity index (χ4n) is 4.30. The van der Waals surface area contributed by atoms with Crippen LogP contribution in [0.3, 0.4) is 0 Å². The van der Waals surface area contributed by atoms with E-state index in [1.54, 1.807) is 44.2 Å². The van der Waals surface area contributed by atoms with Crippen LogP contribution in [-0.2, 0) is 23.4 Å². The van der Waals surface area contributed by atoms with Gasteiger partial charge in [0.2, 0.25) is 0 Å². The van der Waals surface area contributed by atoms with Gasteiger partial charge in [0.1, 0.15) is 30.2 Å². The Morgan fingerprint density at radius 1 is 1.38 bits per heavy atom. The molecule has 13 nitrogen and oxygen atoms in total. The number of carbonyl (C=O) groups excluding carboxylic acids is 1. The maximum absolute atomic E-state index is 14.1. The number of carbonyl (C=O) groups is 1. The van der Waals surface area contributed by atoms with Gasteiger partial charge in [-0.3, -0.25) is 13.9 Å². The molecular weight excluding hydrogens is 546 g/mol. The van der Waals surface area contributed by atoms with Crippen LogP contribution in [0.5, 0.6) is 5.75 Å². The number of hydrogen-bond acceptors (Lipinski definition) is 11. The van der Waals surface area contributed by atoms with Gasteiger partial charge in [-0.25, -0.2) is 9.55 Å². The first kappa shape index (κ1) is 27.9. The zero-order chi connectivity index (χ0) is 28.7. The summed E-state index contributed by atoms with van der Waals surface area (Å²) in [6, 6.07) is 8.22. The van der Waals surface area contributed by atoms with Crippen molar-refractivity contribution in [2.45, 2.75) is 62.7 Å². The predicted molar refractivity (Wildman–Crippen MR) is 139 cm³/mol. The van der Waals surface area contributed by atoms with Crippen molar-refractivity contribution in [2.75, 3.05) is 12.3 Å². The van der Waals surface area contributed by atoms with E-state index in [2.05, 4.69) is 26.0 Å². The number of nitrogens with two attached hydrogens (primary N) is 1. The van der Waals surface area contributed by atoms with E-state index in [0.29, 0.717) is 12.8 Å². The molecule has 1 aliphatic carbocycles. The Morgan fingerprint density at radius 2 is 2.10 bits per heavy atom. The molecule has 0 bridgehead atoms. The van der Waals surface area contributed by atoms with E-state index in [-0.39, 0.29) is 35.3 Å². The highest BCUT2D eigenvalue weighted by Gasteiger charge is 2.58. The molecule has 2 aliphatic rings. The number of fused-ring (bicyclic) bond motifs is 1. The van der Waals surface area contributed by atoms with Gasteiger partial charge in [0.25, 0.3) is 0 Å². The Kier molecular flexibility index (Phi) is 7.28. The number of para-hydroxylation sites is 1. The van der Waals surface area contributed by atoms with Crippen molar-refractivity contribution in [3.63, 3.8) is 0 Å². The van der Waals surface area contributed by atoms with E-state index in [0.717, 1.165) is 0 Å². The molecule has 0 amide bonds. The van der Waals surface area contributed by atoms with Crippen molar-refractivity contribution in [1.82, 2.24) is 24.6 Å². The summed E-state index contributed by atoms with van der Waals surface area (Å²) >= 11 is 0. The molecule has 212 valence electrons. The van der Waals surface area contributed by atoms with Crippen LogP contribution in [0.25, 0.3) is 11.2 Å². The van der Waals surface area contributed by atoms with Gasteiger partial charge in [-0.2, -0.15) is 19.4 Å². The van der Waals surface area contributed by atoms with Gasteiger partial charge in [-0.05, 0) is 38.8 Å². The molecule has 1 aliphatic heterocycles. The van der Waals surface area contributed by atoms with E-state index < -0.39 is 49.9 Å². The molecule has 1 saturated heterocycles. The molecule has 1 aromatic carbocycles. The number of aliphatic hydroxyl groups is 1. The monoisotopic (exact) mass is 574 g/mol. The first-order chi connectivity index (χ1) is 19.0. The number of anilines is 1. The van der Waals surface area contributed by atoms with E-state index in [4.69, 9.17) is 30.7 Å². The molecule has 3 heterocycles. The van der Waals surface area contributed by atoms with Gasteiger partial charge in [-0.15, -0.1) is 6.42 Å². The lowest BCUT2D eigenvalue weighted by atomic mass is 9.99. The van der Waals surface area contributed by atoms with E-state index in [1.807, 2.05) is 0 Å². The fourth-order valence-corrected chi connectivity index (χ4v) is 6.07. The number of nitrogens with zero attached hydrogens (tertiary/aromatic N) is 4. The molecule has 4 atom stereocenters. The van der Waals surface area contributed by atoms with Gasteiger partial charge in [-0.1, -0.05) is 24.1 Å². The van der Waals surface area contributed by atoms with E-state index >= 15 is 0 Å². The lowest BCUT2D eigenvalue weighted by Crippen LogP contribution is -2.45. The van der Waals surface area contributed by atoms with Crippen LogP contribution in [0.15, 0.2) is 36.7 Å². The minimum atomic E-state index is -4.31. The number of aliphatic hydroxyl groups excluding tert-OH is 1. The summed E-state index contributed by atoms with van der Waals surface area (Å²) < 4.78 is 52.1. The van der Waals surface area contributed by atoms with Crippen LogP contribution in [0.4, 0.5) is 10.2 Å². The summed E-state index contributed by atoms with van der Waals surface area (Å²) in [6.45, 7) is 2.81. The summed E-state index contributed by atoms with van der Waals surface area (Å²) in [5.74, 6) is 1.84. The summed E-state index contributed by atoms with van der Waals surface area (Å²) in [6.07, 6.45) is 4.02. The second kappa shape index (κ2) is 10.4. The van der Waals surface area contributed by atoms with Crippen LogP contribution in [0, 0.1) is 18.4 Å². The third-order valence-corrected chi connectivity index (χ3v) is 8.16. The highest BCUT2D eigenvalue weighted by molar-refractivity contribution is 7.52. The zero-order valence-electron chi connectivity index (χ0n) is 21.7. The highest BCUT2D eigenvalue weighted by Crippen LogP contribution is 2.53. The van der Waals surface area contributed by atoms with Gasteiger partial charge in [0, 0.05) is 6.42 Å². The van der Waals surface area contributed by atoms with Crippen LogP contribution in [0.2, 0.25) is 0 Å². The van der Waals surface area contributed by atoms with Gasteiger partial charge in [0.05, 0.1) is 12.4 Å². The number of rotatable bonds is 10. The number of benzene rings is 1. The molecule has 4 N–H and O–H groups in total. The summed E-state index contributed by atoms with van der Waals surface area (Å²) in [5.41, 5.74) is 2.85. The van der Waals surface area contributed by atoms with E-state index in [9.17, 15) is 18.9 Å². The van der Waals surface area contributed by atoms with E-state index in [1.165, 1.54) is 10.9 Å². The van der Waals surface area contributed by atoms with Gasteiger partial charge in [0.15, 0.2) is 22.6 Å². The average Bonchev–Trinajstić information content (AvgIpc) is 3.42. The summed E-state index contributed by atoms with van der Waals surface area (Å²) in [7, 11) is -4.31. The van der Waals surface area contributed by atoms with Crippen molar-refractivity contribution in [2.24, 2.45) is 0 Å². The lowest BCUT2D eigenvalue weighted by Gasteiger charge is -2.30. The molecule has 0 unspecified atom stereocenters. The molecule has 2 aromatic heterocycles. The predicted octanol–water partition coefficient (Wildman–Crippen LogP) is 2.48. The largest absolute Gasteiger partial charge is 0.462 e. The smallest absolute Gasteiger partial charge is 0.459 e. The molecular formula is C25H28FN6O7P. The summed E-state index contributed by atoms with van der Waals surface area (Å²) in [5, 5.41) is 13.7. The molecule has 3 aromatic rings. The number of aromatic nitrogens is 4. The molecule has 5 rings (SSSR count). The third-order valence-electron chi connectivity index (χ3n) is 6.54. The standard InChI is InChI=1S/C25H28FN6O7P/c1-4-25(17(33)12-18(38-25)32-14-28-19-20(27)29-23(26)30-21(19)32)13-36-40(35,39-16-8-6-5-7-9-16)31-24(10-11-24)22(34)37-15(2)3/h1,5-9,14-15,17-18,33H,10-13H2,2-3H3,(H,31,35)(H2,27,29,30)/t17-,18+,25+,40-/m0/s1. The normalized spacial score (nSPS) is 24.9. The zero-order valence-corrected chi connectivity index (χ0v) is 22.6. The number of hydrogen-bond donors (Lipinski definition) is 3. The minimum absolute atomic E-state index is 0.0371. The number of imidazole rings is 1. The molecule has 0 spiro atoms. The average molecular weight is 575 g/mol. The number of halogens is 1. The van der Waals surface area contributed by atoms with Gasteiger partial charge >= 0.3 is 19.8 Å². The van der Waals surface area contributed by atoms with Crippen molar-refractivity contribution >= 4 is 30.7 Å². The third kappa shape index (κ3) is 5.39. The van der Waals surface area contributed by atoms with Crippen LogP contribution in [-0.4, -0.2) is 60.5 Å². The maximum Gasteiger partial charge on any atom is 0.459 e. The van der Waals surface area contributed by atoms with Crippen molar-refractivity contribution in [3.8, 4) is 18.1 Å². The van der Waals surface area contributed by atoms with Crippen molar-refractivity contribution in [3.05, 3.63) is 42.7 Å². The molecule has 15 heteroatoms. The number of nitrogens with one attached hydrogen (secondary N) is 1. The number of ether oxygens (including phenoxy) is 2. The maximum atomic E-state index is 14.1. The van der Waals surface area contributed by atoms with Crippen molar-refractivity contribution < 1.29 is 37.4 Å². The Hall–Kier alpha value is -3.60. The Morgan fingerprint density at radius 3 is 2.75 bits per heavy atom. The molecule has 40 heavy (non-hydrogen) atoms.